The van der Waals surface area contributed by atoms with E-state index in [1.54, 1.807) is 19.1 Å². The first-order valence-electron chi connectivity index (χ1n) is 9.71. The van der Waals surface area contributed by atoms with Crippen LogP contribution in [0, 0.1) is 6.92 Å². The number of rotatable bonds is 5. The summed E-state index contributed by atoms with van der Waals surface area (Å²) in [6, 6.07) is 12.9. The van der Waals surface area contributed by atoms with Gasteiger partial charge in [0.25, 0.3) is 5.91 Å². The number of hydrogen-bond donors (Lipinski definition) is 2. The molecule has 1 amide bonds. The lowest BCUT2D eigenvalue weighted by atomic mass is 9.86. The van der Waals surface area contributed by atoms with Crippen molar-refractivity contribution < 1.29 is 19.4 Å². The maximum absolute atomic E-state index is 13.2. The second-order valence-corrected chi connectivity index (χ2v) is 8.31. The van der Waals surface area contributed by atoms with Gasteiger partial charge in [-0.2, -0.15) is 0 Å². The predicted molar refractivity (Wildman–Crippen MR) is 115 cm³/mol. The lowest BCUT2D eigenvalue weighted by Gasteiger charge is -2.42. The second-order valence-electron chi connectivity index (χ2n) is 7.90. The van der Waals surface area contributed by atoms with E-state index in [0.29, 0.717) is 29.5 Å². The van der Waals surface area contributed by atoms with E-state index in [0.717, 1.165) is 22.0 Å². The van der Waals surface area contributed by atoms with Crippen LogP contribution in [-0.2, 0) is 22.1 Å². The number of benzene rings is 2. The molecule has 2 N–H and O–H groups in total. The zero-order valence-electron chi connectivity index (χ0n) is 17.0. The summed E-state index contributed by atoms with van der Waals surface area (Å²) in [7, 11) is 1.86. The van der Waals surface area contributed by atoms with Crippen molar-refractivity contribution in [2.45, 2.75) is 25.3 Å². The van der Waals surface area contributed by atoms with E-state index in [1.807, 2.05) is 48.9 Å². The number of carboxylic acid groups (broad SMARTS) is 1. The van der Waals surface area contributed by atoms with E-state index >= 15 is 0 Å². The monoisotopic (exact) mass is 426 g/mol. The molecule has 2 aromatic carbocycles. The molecule has 6 nitrogen and oxygen atoms in total. The minimum atomic E-state index is -0.871. The number of fused-ring (bicyclic) bond motifs is 1. The molecule has 0 aliphatic carbocycles. The van der Waals surface area contributed by atoms with Gasteiger partial charge in [-0.25, -0.2) is 0 Å². The Morgan fingerprint density at radius 1 is 1.20 bits per heavy atom. The second kappa shape index (κ2) is 7.45. The molecule has 1 aliphatic heterocycles. The number of carbonyl (C=O) groups is 2. The van der Waals surface area contributed by atoms with Crippen LogP contribution in [0.25, 0.3) is 10.9 Å². The lowest BCUT2D eigenvalue weighted by Crippen LogP contribution is -2.59. The Labute approximate surface area is 179 Å². The van der Waals surface area contributed by atoms with Crippen molar-refractivity contribution >= 4 is 34.4 Å². The van der Waals surface area contributed by atoms with Gasteiger partial charge in [0.1, 0.15) is 11.2 Å². The third-order valence-corrected chi connectivity index (χ3v) is 6.46. The van der Waals surface area contributed by atoms with Crippen LogP contribution in [0.4, 0.5) is 0 Å². The van der Waals surface area contributed by atoms with E-state index in [4.69, 9.17) is 16.3 Å². The first-order valence-corrected chi connectivity index (χ1v) is 10.1. The molecule has 7 heteroatoms. The van der Waals surface area contributed by atoms with Gasteiger partial charge in [-0.3, -0.25) is 9.59 Å². The highest BCUT2D eigenvalue weighted by Gasteiger charge is 2.42. The fraction of sp³-hybridized carbons (Fsp3) is 0.304. The number of amides is 1. The molecule has 1 fully saturated rings. The van der Waals surface area contributed by atoms with Crippen molar-refractivity contribution in [3.05, 3.63) is 69.9 Å². The summed E-state index contributed by atoms with van der Waals surface area (Å²) in [5.74, 6) is -1.66. The Morgan fingerprint density at radius 2 is 1.87 bits per heavy atom. The minimum Gasteiger partial charge on any atom is -0.481 e. The number of halogens is 1. The van der Waals surface area contributed by atoms with Crippen molar-refractivity contribution in [2.24, 2.45) is 7.05 Å². The summed E-state index contributed by atoms with van der Waals surface area (Å²) in [6.45, 7) is 4.31. The molecule has 0 bridgehead atoms. The maximum Gasteiger partial charge on any atom is 0.310 e. The SMILES string of the molecule is Cc1c(Cl)ccc2c1cc(C(=O)NC1(c3ccc(C(C)C(=O)O)cc3)COC1)n2C. The standard InChI is InChI=1S/C23H23ClN2O4/c1-13(22(28)29)15-4-6-16(7-5-15)23(11-30-12-23)25-21(27)20-10-17-14(2)18(24)8-9-19(17)26(20)3/h4-10,13H,11-12H2,1-3H3,(H,25,27)(H,28,29). The molecule has 1 atom stereocenters. The lowest BCUT2D eigenvalue weighted by molar-refractivity contribution is -0.138. The molecule has 1 aliphatic rings. The van der Waals surface area contributed by atoms with E-state index in [9.17, 15) is 14.7 Å². The third-order valence-electron chi connectivity index (χ3n) is 6.05. The summed E-state index contributed by atoms with van der Waals surface area (Å²) in [6.07, 6.45) is 0. The fourth-order valence-corrected chi connectivity index (χ4v) is 4.04. The van der Waals surface area contributed by atoms with E-state index in [-0.39, 0.29) is 5.91 Å². The molecule has 1 unspecified atom stereocenters. The summed E-state index contributed by atoms with van der Waals surface area (Å²) in [4.78, 5) is 24.4. The molecule has 30 heavy (non-hydrogen) atoms. The van der Waals surface area contributed by atoms with E-state index < -0.39 is 17.4 Å². The number of nitrogens with one attached hydrogen (secondary N) is 1. The molecule has 4 rings (SSSR count). The van der Waals surface area contributed by atoms with Crippen molar-refractivity contribution in [2.75, 3.05) is 13.2 Å². The first kappa shape index (κ1) is 20.4. The number of nitrogens with zero attached hydrogens (tertiary/aromatic N) is 1. The van der Waals surface area contributed by atoms with Crippen LogP contribution in [0.2, 0.25) is 5.02 Å². The quantitative estimate of drug-likeness (QED) is 0.646. The maximum atomic E-state index is 13.2. The van der Waals surface area contributed by atoms with Crippen LogP contribution >= 0.6 is 11.6 Å². The van der Waals surface area contributed by atoms with Gasteiger partial charge in [-0.15, -0.1) is 0 Å². The molecule has 1 aromatic heterocycles. The zero-order valence-corrected chi connectivity index (χ0v) is 17.8. The van der Waals surface area contributed by atoms with Crippen LogP contribution in [0.1, 0.15) is 40.0 Å². The Bertz CT molecular complexity index is 1150. The van der Waals surface area contributed by atoms with Gasteiger partial charge in [-0.05, 0) is 48.7 Å². The van der Waals surface area contributed by atoms with Gasteiger partial charge in [0.2, 0.25) is 0 Å². The predicted octanol–water partition coefficient (Wildman–Crippen LogP) is 3.98. The van der Waals surface area contributed by atoms with Crippen LogP contribution in [0.5, 0.6) is 0 Å². The van der Waals surface area contributed by atoms with Gasteiger partial charge in [0.05, 0.1) is 19.1 Å². The topological polar surface area (TPSA) is 80.6 Å². The molecule has 3 aromatic rings. The third kappa shape index (κ3) is 3.26. The zero-order chi connectivity index (χ0) is 21.6. The van der Waals surface area contributed by atoms with Crippen LogP contribution in [0.3, 0.4) is 0 Å². The number of aryl methyl sites for hydroxylation is 2. The van der Waals surface area contributed by atoms with Crippen LogP contribution in [0.15, 0.2) is 42.5 Å². The minimum absolute atomic E-state index is 0.199. The van der Waals surface area contributed by atoms with E-state index in [2.05, 4.69) is 5.32 Å². The molecule has 0 saturated carbocycles. The normalized spacial score (nSPS) is 16.1. The summed E-state index contributed by atoms with van der Waals surface area (Å²) in [5.41, 5.74) is 3.39. The molecule has 2 heterocycles. The highest BCUT2D eigenvalue weighted by atomic mass is 35.5. The van der Waals surface area contributed by atoms with Gasteiger partial charge in [0.15, 0.2) is 0 Å². The Morgan fingerprint density at radius 3 is 2.43 bits per heavy atom. The van der Waals surface area contributed by atoms with Crippen LogP contribution in [-0.4, -0.2) is 34.8 Å². The average Bonchev–Trinajstić information content (AvgIpc) is 3.04. The molecular formula is C23H23ClN2O4. The first-order chi connectivity index (χ1) is 14.2. The Balaban J connectivity index is 1.63. The number of carboxylic acids is 1. The van der Waals surface area contributed by atoms with Crippen molar-refractivity contribution in [1.29, 1.82) is 0 Å². The highest BCUT2D eigenvalue weighted by molar-refractivity contribution is 6.32. The van der Waals surface area contributed by atoms with Crippen molar-refractivity contribution in [3.8, 4) is 0 Å². The largest absolute Gasteiger partial charge is 0.481 e. The summed E-state index contributed by atoms with van der Waals surface area (Å²) in [5, 5.41) is 13.9. The Kier molecular flexibility index (Phi) is 5.08. The molecule has 0 radical (unpaired) electrons. The molecule has 0 spiro atoms. The van der Waals surface area contributed by atoms with Gasteiger partial charge in [-0.1, -0.05) is 35.9 Å². The number of hydrogen-bond acceptors (Lipinski definition) is 3. The number of ether oxygens (including phenoxy) is 1. The summed E-state index contributed by atoms with van der Waals surface area (Å²) < 4.78 is 7.30. The van der Waals surface area contributed by atoms with Crippen molar-refractivity contribution in [1.82, 2.24) is 9.88 Å². The van der Waals surface area contributed by atoms with Gasteiger partial charge >= 0.3 is 5.97 Å². The summed E-state index contributed by atoms with van der Waals surface area (Å²) >= 11 is 6.24. The number of carbonyl (C=O) groups excluding carboxylic acids is 1. The Hall–Kier alpha value is -2.83. The fourth-order valence-electron chi connectivity index (χ4n) is 3.88. The highest BCUT2D eigenvalue weighted by Crippen LogP contribution is 2.32. The van der Waals surface area contributed by atoms with Gasteiger partial charge < -0.3 is 19.7 Å². The van der Waals surface area contributed by atoms with Crippen LogP contribution < -0.4 is 5.32 Å². The molecule has 1 saturated heterocycles. The molecule has 156 valence electrons. The average molecular weight is 427 g/mol. The smallest absolute Gasteiger partial charge is 0.310 e. The van der Waals surface area contributed by atoms with Crippen molar-refractivity contribution in [3.63, 3.8) is 0 Å². The van der Waals surface area contributed by atoms with Gasteiger partial charge in [0, 0.05) is 23.0 Å². The molecular weight excluding hydrogens is 404 g/mol. The number of aliphatic carboxylic acids is 1. The van der Waals surface area contributed by atoms with E-state index in [1.165, 1.54) is 0 Å². The number of aromatic nitrogens is 1.